The maximum absolute atomic E-state index is 12.9. The van der Waals surface area contributed by atoms with Crippen LogP contribution in [0.15, 0.2) is 36.4 Å². The Morgan fingerprint density at radius 3 is 2.79 bits per heavy atom. The van der Waals surface area contributed by atoms with Crippen molar-refractivity contribution in [3.05, 3.63) is 42.0 Å². The van der Waals surface area contributed by atoms with Crippen LogP contribution < -0.4 is 4.90 Å². The van der Waals surface area contributed by atoms with E-state index in [1.54, 1.807) is 12.2 Å². The maximum Gasteiger partial charge on any atom is 0.416 e. The van der Waals surface area contributed by atoms with Crippen molar-refractivity contribution in [3.8, 4) is 0 Å². The average Bonchev–Trinajstić information content (AvgIpc) is 3.15. The van der Waals surface area contributed by atoms with Gasteiger partial charge in [-0.1, -0.05) is 18.2 Å². The van der Waals surface area contributed by atoms with E-state index in [0.717, 1.165) is 12.1 Å². The molecule has 0 unspecified atom stereocenters. The topological polar surface area (TPSA) is 66.8 Å². The number of nitrogens with zero attached hydrogens (tertiary/aromatic N) is 1. The number of amides is 1. The van der Waals surface area contributed by atoms with Crippen LogP contribution in [0.25, 0.3) is 0 Å². The highest BCUT2D eigenvalue weighted by Gasteiger charge is 2.67. The van der Waals surface area contributed by atoms with Crippen LogP contribution in [-0.4, -0.2) is 35.2 Å². The number of halogens is 3. The molecule has 3 heterocycles. The van der Waals surface area contributed by atoms with Crippen LogP contribution in [0.3, 0.4) is 0 Å². The Balaban J connectivity index is 1.72. The van der Waals surface area contributed by atoms with Gasteiger partial charge in [-0.05, 0) is 18.2 Å². The number of carbonyl (C=O) groups is 2. The zero-order valence-corrected chi connectivity index (χ0v) is 12.2. The van der Waals surface area contributed by atoms with Gasteiger partial charge in [0.05, 0.1) is 24.1 Å². The number of fused-ring (bicyclic) bond motifs is 1. The molecule has 126 valence electrons. The number of anilines is 1. The van der Waals surface area contributed by atoms with E-state index in [1.165, 1.54) is 17.0 Å². The van der Waals surface area contributed by atoms with E-state index >= 15 is 0 Å². The molecule has 2 fully saturated rings. The van der Waals surface area contributed by atoms with Crippen molar-refractivity contribution >= 4 is 17.6 Å². The highest BCUT2D eigenvalue weighted by atomic mass is 19.4. The third-order valence-corrected chi connectivity index (χ3v) is 4.87. The minimum absolute atomic E-state index is 0.00852. The predicted molar refractivity (Wildman–Crippen MR) is 75.2 cm³/mol. The molecule has 3 aliphatic rings. The summed E-state index contributed by atoms with van der Waals surface area (Å²) >= 11 is 0. The lowest BCUT2D eigenvalue weighted by molar-refractivity contribution is -0.146. The van der Waals surface area contributed by atoms with E-state index in [2.05, 4.69) is 0 Å². The summed E-state index contributed by atoms with van der Waals surface area (Å²) < 4.78 is 44.3. The molecule has 2 bridgehead atoms. The van der Waals surface area contributed by atoms with Crippen LogP contribution >= 0.6 is 0 Å². The lowest BCUT2D eigenvalue weighted by Gasteiger charge is -2.22. The third kappa shape index (κ3) is 1.92. The van der Waals surface area contributed by atoms with Crippen LogP contribution in [0.4, 0.5) is 18.9 Å². The van der Waals surface area contributed by atoms with Gasteiger partial charge in [0.1, 0.15) is 11.5 Å². The Kier molecular flexibility index (Phi) is 2.91. The molecular weight excluding hydrogens is 327 g/mol. The van der Waals surface area contributed by atoms with Gasteiger partial charge >= 0.3 is 12.1 Å². The summed E-state index contributed by atoms with van der Waals surface area (Å²) in [6.45, 7) is 0.00852. The smallest absolute Gasteiger partial charge is 0.416 e. The molecule has 1 aromatic carbocycles. The zero-order chi connectivity index (χ0) is 17.3. The summed E-state index contributed by atoms with van der Waals surface area (Å²) in [7, 11) is 0. The van der Waals surface area contributed by atoms with Crippen LogP contribution in [0, 0.1) is 11.8 Å². The van der Waals surface area contributed by atoms with Crippen molar-refractivity contribution in [1.29, 1.82) is 0 Å². The number of carboxylic acids is 1. The first-order valence-corrected chi connectivity index (χ1v) is 7.32. The largest absolute Gasteiger partial charge is 0.481 e. The summed E-state index contributed by atoms with van der Waals surface area (Å²) in [5, 5.41) is 9.37. The first kappa shape index (κ1) is 15.2. The van der Waals surface area contributed by atoms with Crippen molar-refractivity contribution in [2.75, 3.05) is 11.4 Å². The molecule has 0 aliphatic carbocycles. The molecule has 1 spiro atoms. The Morgan fingerprint density at radius 1 is 1.38 bits per heavy atom. The van der Waals surface area contributed by atoms with Gasteiger partial charge in [0, 0.05) is 5.69 Å². The minimum Gasteiger partial charge on any atom is -0.481 e. The fourth-order valence-corrected chi connectivity index (χ4v) is 3.85. The summed E-state index contributed by atoms with van der Waals surface area (Å²) in [6, 6.07) is 4.43. The van der Waals surface area contributed by atoms with Gasteiger partial charge < -0.3 is 14.7 Å². The van der Waals surface area contributed by atoms with Gasteiger partial charge in [0.15, 0.2) is 0 Å². The minimum atomic E-state index is -4.52. The Bertz CT molecular complexity index is 775. The van der Waals surface area contributed by atoms with Gasteiger partial charge in [0.25, 0.3) is 0 Å². The van der Waals surface area contributed by atoms with Gasteiger partial charge in [-0.25, -0.2) is 0 Å². The zero-order valence-electron chi connectivity index (χ0n) is 12.2. The van der Waals surface area contributed by atoms with Gasteiger partial charge in [-0.3, -0.25) is 9.59 Å². The van der Waals surface area contributed by atoms with Crippen LogP contribution in [0.5, 0.6) is 0 Å². The van der Waals surface area contributed by atoms with E-state index in [4.69, 9.17) is 4.74 Å². The quantitative estimate of drug-likeness (QED) is 0.838. The Labute approximate surface area is 134 Å². The monoisotopic (exact) mass is 339 g/mol. The lowest BCUT2D eigenvalue weighted by Crippen LogP contribution is -2.39. The molecule has 24 heavy (non-hydrogen) atoms. The lowest BCUT2D eigenvalue weighted by atomic mass is 9.77. The molecule has 0 radical (unpaired) electrons. The second-order valence-corrected chi connectivity index (χ2v) is 6.21. The van der Waals surface area contributed by atoms with Crippen molar-refractivity contribution in [3.63, 3.8) is 0 Å². The van der Waals surface area contributed by atoms with Gasteiger partial charge in [-0.15, -0.1) is 0 Å². The van der Waals surface area contributed by atoms with Crippen LogP contribution in [0.1, 0.15) is 5.56 Å². The Morgan fingerprint density at radius 2 is 2.12 bits per heavy atom. The molecule has 3 aliphatic heterocycles. The van der Waals surface area contributed by atoms with Gasteiger partial charge in [0.2, 0.25) is 5.91 Å². The molecule has 4 atom stereocenters. The van der Waals surface area contributed by atoms with E-state index in [9.17, 15) is 27.9 Å². The molecule has 1 N–H and O–H groups in total. The number of alkyl halides is 3. The standard InChI is InChI=1S/C16H12F3NO4/c17-16(18,19)8-2-1-3-9(6-8)20-7-15-5-4-10(24-15)11(14(22)23)12(15)13(20)21/h1-6,10-12H,7H2,(H,22,23)/t10-,11+,12-,15+/m1/s1. The summed E-state index contributed by atoms with van der Waals surface area (Å²) in [5.41, 5.74) is -1.85. The molecule has 2 saturated heterocycles. The fraction of sp³-hybridized carbons (Fsp3) is 0.375. The SMILES string of the molecule is O=C(O)[C@H]1[C@H]2C=C[C@@]3(CN(c4cccc(C(F)(F)F)c4)C(=O)[C@@H]13)O2. The maximum atomic E-state index is 12.9. The van der Waals surface area contributed by atoms with E-state index < -0.39 is 47.2 Å². The number of aliphatic carboxylic acids is 1. The number of hydrogen-bond acceptors (Lipinski definition) is 3. The second kappa shape index (κ2) is 4.60. The average molecular weight is 339 g/mol. The highest BCUT2D eigenvalue weighted by molar-refractivity contribution is 6.02. The molecular formula is C16H12F3NO4. The third-order valence-electron chi connectivity index (χ3n) is 4.87. The normalized spacial score (nSPS) is 34.0. The van der Waals surface area contributed by atoms with Crippen molar-refractivity contribution < 1.29 is 32.6 Å². The van der Waals surface area contributed by atoms with E-state index in [0.29, 0.717) is 0 Å². The molecule has 1 aromatic rings. The number of rotatable bonds is 2. The number of carbonyl (C=O) groups excluding carboxylic acids is 1. The summed E-state index contributed by atoms with van der Waals surface area (Å²) in [4.78, 5) is 25.4. The number of benzene rings is 1. The van der Waals surface area contributed by atoms with Crippen LogP contribution in [0.2, 0.25) is 0 Å². The summed E-state index contributed by atoms with van der Waals surface area (Å²) in [6.07, 6.45) is -1.92. The first-order chi connectivity index (χ1) is 11.2. The number of hydrogen-bond donors (Lipinski definition) is 1. The molecule has 4 rings (SSSR count). The van der Waals surface area contributed by atoms with Crippen molar-refractivity contribution in [2.24, 2.45) is 11.8 Å². The van der Waals surface area contributed by atoms with E-state index in [1.807, 2.05) is 0 Å². The second-order valence-electron chi connectivity index (χ2n) is 6.21. The molecule has 0 aromatic heterocycles. The number of carboxylic acid groups (broad SMARTS) is 1. The predicted octanol–water partition coefficient (Wildman–Crippen LogP) is 2.08. The fourth-order valence-electron chi connectivity index (χ4n) is 3.85. The molecule has 0 saturated carbocycles. The summed E-state index contributed by atoms with van der Waals surface area (Å²) in [5.74, 6) is -3.60. The molecule has 5 nitrogen and oxygen atoms in total. The van der Waals surface area contributed by atoms with Crippen LogP contribution in [-0.2, 0) is 20.5 Å². The molecule has 8 heteroatoms. The van der Waals surface area contributed by atoms with Gasteiger partial charge in [-0.2, -0.15) is 13.2 Å². The highest BCUT2D eigenvalue weighted by Crippen LogP contribution is 2.52. The Hall–Kier alpha value is -2.35. The van der Waals surface area contributed by atoms with Crippen molar-refractivity contribution in [1.82, 2.24) is 0 Å². The first-order valence-electron chi connectivity index (χ1n) is 7.32. The van der Waals surface area contributed by atoms with Crippen molar-refractivity contribution in [2.45, 2.75) is 17.9 Å². The van der Waals surface area contributed by atoms with E-state index in [-0.39, 0.29) is 12.2 Å². The number of ether oxygens (including phenoxy) is 1. The molecule has 1 amide bonds.